The molecule has 0 radical (unpaired) electrons. The standard InChI is InChI=1S/C6H14N2O2/c1-4(2)5(7)6(9)8-10-3/h4-5H,7H2,1-3H3,(H,8,9). The molecule has 4 heteroatoms. The Morgan fingerprint density at radius 2 is 2.10 bits per heavy atom. The van der Waals surface area contributed by atoms with E-state index in [1.54, 1.807) is 0 Å². The summed E-state index contributed by atoms with van der Waals surface area (Å²) < 4.78 is 0. The van der Waals surface area contributed by atoms with E-state index >= 15 is 0 Å². The van der Waals surface area contributed by atoms with Crippen LogP contribution in [0.4, 0.5) is 0 Å². The zero-order valence-corrected chi connectivity index (χ0v) is 6.55. The summed E-state index contributed by atoms with van der Waals surface area (Å²) in [6.07, 6.45) is 0. The van der Waals surface area contributed by atoms with Crippen molar-refractivity contribution in [2.75, 3.05) is 7.11 Å². The van der Waals surface area contributed by atoms with Gasteiger partial charge in [-0.2, -0.15) is 0 Å². The highest BCUT2D eigenvalue weighted by molar-refractivity contribution is 5.80. The largest absolute Gasteiger partial charge is 0.320 e. The van der Waals surface area contributed by atoms with Crippen LogP contribution in [0, 0.1) is 5.92 Å². The van der Waals surface area contributed by atoms with Crippen LogP contribution in [0.25, 0.3) is 0 Å². The summed E-state index contributed by atoms with van der Waals surface area (Å²) in [7, 11) is 1.38. The summed E-state index contributed by atoms with van der Waals surface area (Å²) in [6.45, 7) is 3.75. The van der Waals surface area contributed by atoms with Crippen LogP contribution in [0.15, 0.2) is 0 Å². The Hall–Kier alpha value is -0.610. The average molecular weight is 146 g/mol. The first-order chi connectivity index (χ1) is 4.59. The zero-order chi connectivity index (χ0) is 8.15. The van der Waals surface area contributed by atoms with Gasteiger partial charge in [-0.15, -0.1) is 0 Å². The van der Waals surface area contributed by atoms with Gasteiger partial charge in [-0.3, -0.25) is 9.63 Å². The molecule has 60 valence electrons. The van der Waals surface area contributed by atoms with Crippen LogP contribution in [0.2, 0.25) is 0 Å². The number of nitrogens with two attached hydrogens (primary N) is 1. The Bertz CT molecular complexity index is 114. The van der Waals surface area contributed by atoms with E-state index in [0.717, 1.165) is 0 Å². The Labute approximate surface area is 60.7 Å². The third kappa shape index (κ3) is 2.80. The van der Waals surface area contributed by atoms with Gasteiger partial charge in [0.25, 0.3) is 5.91 Å². The highest BCUT2D eigenvalue weighted by Gasteiger charge is 2.16. The van der Waals surface area contributed by atoms with Crippen molar-refractivity contribution in [3.8, 4) is 0 Å². The van der Waals surface area contributed by atoms with Gasteiger partial charge in [-0.25, -0.2) is 5.48 Å². The first kappa shape index (κ1) is 9.39. The minimum Gasteiger partial charge on any atom is -0.320 e. The summed E-state index contributed by atoms with van der Waals surface area (Å²) in [5, 5.41) is 0. The minimum absolute atomic E-state index is 0.134. The number of carbonyl (C=O) groups is 1. The molecule has 0 aromatic heterocycles. The fourth-order valence-corrected chi connectivity index (χ4v) is 0.471. The average Bonchev–Trinajstić information content (AvgIpc) is 1.87. The maximum atomic E-state index is 10.8. The van der Waals surface area contributed by atoms with E-state index in [9.17, 15) is 4.79 Å². The molecular weight excluding hydrogens is 132 g/mol. The van der Waals surface area contributed by atoms with Crippen LogP contribution in [0.5, 0.6) is 0 Å². The van der Waals surface area contributed by atoms with E-state index in [-0.39, 0.29) is 11.8 Å². The molecule has 3 N–H and O–H groups in total. The fraction of sp³-hybridized carbons (Fsp3) is 0.833. The van der Waals surface area contributed by atoms with Crippen LogP contribution >= 0.6 is 0 Å². The summed E-state index contributed by atoms with van der Waals surface area (Å²) in [4.78, 5) is 15.2. The molecule has 0 spiro atoms. The molecule has 0 rings (SSSR count). The SMILES string of the molecule is CONC(=O)C(N)C(C)C. The van der Waals surface area contributed by atoms with E-state index in [1.807, 2.05) is 13.8 Å². The number of hydroxylamine groups is 1. The highest BCUT2D eigenvalue weighted by atomic mass is 16.6. The van der Waals surface area contributed by atoms with Crippen molar-refractivity contribution in [2.45, 2.75) is 19.9 Å². The number of nitrogens with one attached hydrogen (secondary N) is 1. The molecule has 1 amide bonds. The lowest BCUT2D eigenvalue weighted by molar-refractivity contribution is -0.133. The molecule has 0 bridgehead atoms. The third-order valence-corrected chi connectivity index (χ3v) is 1.22. The summed E-state index contributed by atoms with van der Waals surface area (Å²) >= 11 is 0. The van der Waals surface area contributed by atoms with Gasteiger partial charge in [0.1, 0.15) is 0 Å². The molecule has 0 heterocycles. The van der Waals surface area contributed by atoms with Crippen molar-refractivity contribution in [1.29, 1.82) is 0 Å². The number of rotatable bonds is 3. The topological polar surface area (TPSA) is 64.3 Å². The number of amides is 1. The molecule has 0 aromatic carbocycles. The Kier molecular flexibility index (Phi) is 3.99. The lowest BCUT2D eigenvalue weighted by atomic mass is 10.1. The Morgan fingerprint density at radius 3 is 2.40 bits per heavy atom. The van der Waals surface area contributed by atoms with Crippen molar-refractivity contribution in [1.82, 2.24) is 5.48 Å². The van der Waals surface area contributed by atoms with Gasteiger partial charge in [0.05, 0.1) is 13.2 Å². The quantitative estimate of drug-likeness (QED) is 0.535. The number of carbonyl (C=O) groups excluding carboxylic acids is 1. The van der Waals surface area contributed by atoms with Gasteiger partial charge in [0, 0.05) is 0 Å². The molecular formula is C6H14N2O2. The maximum absolute atomic E-state index is 10.8. The predicted molar refractivity (Wildman–Crippen MR) is 38.0 cm³/mol. The van der Waals surface area contributed by atoms with Gasteiger partial charge >= 0.3 is 0 Å². The van der Waals surface area contributed by atoms with Crippen LogP contribution in [0.3, 0.4) is 0 Å². The molecule has 4 nitrogen and oxygen atoms in total. The van der Waals surface area contributed by atoms with Gasteiger partial charge in [0.2, 0.25) is 0 Å². The van der Waals surface area contributed by atoms with E-state index in [4.69, 9.17) is 5.73 Å². The second-order valence-electron chi connectivity index (χ2n) is 2.44. The molecule has 0 saturated heterocycles. The molecule has 0 fully saturated rings. The molecule has 0 saturated carbocycles. The van der Waals surface area contributed by atoms with Crippen LogP contribution < -0.4 is 11.2 Å². The monoisotopic (exact) mass is 146 g/mol. The molecule has 0 aliphatic carbocycles. The van der Waals surface area contributed by atoms with Crippen LogP contribution in [-0.2, 0) is 9.63 Å². The molecule has 1 atom stereocenters. The smallest absolute Gasteiger partial charge is 0.260 e. The van der Waals surface area contributed by atoms with Crippen molar-refractivity contribution >= 4 is 5.91 Å². The lowest BCUT2D eigenvalue weighted by Crippen LogP contribution is -2.43. The summed E-state index contributed by atoms with van der Waals surface area (Å²) in [5.41, 5.74) is 7.62. The molecule has 1 unspecified atom stereocenters. The second-order valence-corrected chi connectivity index (χ2v) is 2.44. The van der Waals surface area contributed by atoms with Crippen molar-refractivity contribution < 1.29 is 9.63 Å². The van der Waals surface area contributed by atoms with Crippen LogP contribution in [-0.4, -0.2) is 19.1 Å². The Morgan fingerprint density at radius 1 is 1.60 bits per heavy atom. The molecule has 0 aromatic rings. The number of hydrogen-bond donors (Lipinski definition) is 2. The van der Waals surface area contributed by atoms with Crippen molar-refractivity contribution in [2.24, 2.45) is 11.7 Å². The zero-order valence-electron chi connectivity index (χ0n) is 6.55. The van der Waals surface area contributed by atoms with Gasteiger partial charge < -0.3 is 5.73 Å². The predicted octanol–water partition coefficient (Wildman–Crippen LogP) is -0.353. The molecule has 0 aliphatic heterocycles. The normalized spacial score (nSPS) is 13.3. The minimum atomic E-state index is -0.486. The summed E-state index contributed by atoms with van der Waals surface area (Å²) in [5.74, 6) is -0.146. The third-order valence-electron chi connectivity index (χ3n) is 1.22. The fourth-order valence-electron chi connectivity index (χ4n) is 0.471. The molecule has 0 aliphatic rings. The van der Waals surface area contributed by atoms with Crippen molar-refractivity contribution in [3.63, 3.8) is 0 Å². The Balaban J connectivity index is 3.71. The van der Waals surface area contributed by atoms with Crippen LogP contribution in [0.1, 0.15) is 13.8 Å². The van der Waals surface area contributed by atoms with Gasteiger partial charge in [-0.05, 0) is 5.92 Å². The summed E-state index contributed by atoms with van der Waals surface area (Å²) in [6, 6.07) is -0.486. The first-order valence-corrected chi connectivity index (χ1v) is 3.18. The lowest BCUT2D eigenvalue weighted by Gasteiger charge is -2.13. The second kappa shape index (κ2) is 4.24. The van der Waals surface area contributed by atoms with Gasteiger partial charge in [-0.1, -0.05) is 13.8 Å². The number of hydrogen-bond acceptors (Lipinski definition) is 3. The van der Waals surface area contributed by atoms with Crippen molar-refractivity contribution in [3.05, 3.63) is 0 Å². The molecule has 10 heavy (non-hydrogen) atoms. The van der Waals surface area contributed by atoms with E-state index in [0.29, 0.717) is 0 Å². The van der Waals surface area contributed by atoms with E-state index < -0.39 is 6.04 Å². The van der Waals surface area contributed by atoms with E-state index in [1.165, 1.54) is 7.11 Å². The van der Waals surface area contributed by atoms with E-state index in [2.05, 4.69) is 10.3 Å². The first-order valence-electron chi connectivity index (χ1n) is 3.18. The van der Waals surface area contributed by atoms with Gasteiger partial charge in [0.15, 0.2) is 0 Å². The highest BCUT2D eigenvalue weighted by Crippen LogP contribution is 1.96. The maximum Gasteiger partial charge on any atom is 0.260 e.